The smallest absolute Gasteiger partial charge is 0.295 e. The minimum absolute atomic E-state index is 0.130. The molecule has 2 aromatic rings. The van der Waals surface area contributed by atoms with E-state index in [9.17, 15) is 14.7 Å². The Bertz CT molecular complexity index is 1020. The number of amides is 1. The van der Waals surface area contributed by atoms with Gasteiger partial charge in [0.05, 0.1) is 18.2 Å². The summed E-state index contributed by atoms with van der Waals surface area (Å²) in [4.78, 5) is 27.5. The maximum atomic E-state index is 13.0. The number of nitrogens with zero attached hydrogens (tertiary/aromatic N) is 1. The van der Waals surface area contributed by atoms with Crippen molar-refractivity contribution < 1.29 is 24.2 Å². The van der Waals surface area contributed by atoms with Gasteiger partial charge in [-0.15, -0.1) is 0 Å². The van der Waals surface area contributed by atoms with Gasteiger partial charge in [-0.25, -0.2) is 0 Å². The number of carbonyl (C=O) groups excluding carboxylic acids is 2. The molecular formula is C25H27NO5. The minimum Gasteiger partial charge on any atom is -0.507 e. The summed E-state index contributed by atoms with van der Waals surface area (Å²) in [7, 11) is 1.60. The third-order valence-electron chi connectivity index (χ3n) is 5.95. The van der Waals surface area contributed by atoms with Crippen LogP contribution in [-0.4, -0.2) is 48.6 Å². The van der Waals surface area contributed by atoms with Gasteiger partial charge in [0, 0.05) is 32.2 Å². The van der Waals surface area contributed by atoms with E-state index >= 15 is 0 Å². The molecule has 0 spiro atoms. The molecule has 0 saturated carbocycles. The Balaban J connectivity index is 1.79. The maximum absolute atomic E-state index is 13.0. The standard InChI is InChI=1S/C25H27NO5/c1-3-16-5-7-17(8-6-16)22-21(24(28)25(29)26(22)12-4-13-30-2)23(27)19-9-10-20-18(15-19)11-14-31-20/h5-10,15,22,27H,3-4,11-14H2,1-2H3/b23-21-. The zero-order valence-electron chi connectivity index (χ0n) is 17.9. The van der Waals surface area contributed by atoms with E-state index in [0.717, 1.165) is 29.7 Å². The van der Waals surface area contributed by atoms with E-state index < -0.39 is 17.7 Å². The molecule has 6 heteroatoms. The molecule has 1 saturated heterocycles. The molecule has 2 aliphatic rings. The normalized spacial score (nSPS) is 19.5. The van der Waals surface area contributed by atoms with E-state index in [1.54, 1.807) is 24.1 Å². The van der Waals surface area contributed by atoms with Crippen LogP contribution in [0.1, 0.15) is 41.6 Å². The third-order valence-corrected chi connectivity index (χ3v) is 5.95. The maximum Gasteiger partial charge on any atom is 0.295 e. The van der Waals surface area contributed by atoms with Crippen molar-refractivity contribution in [3.8, 4) is 5.75 Å². The molecule has 6 nitrogen and oxygen atoms in total. The molecule has 1 atom stereocenters. The number of methoxy groups -OCH3 is 1. The minimum atomic E-state index is -0.656. The van der Waals surface area contributed by atoms with Gasteiger partial charge >= 0.3 is 0 Å². The van der Waals surface area contributed by atoms with E-state index in [1.165, 1.54) is 5.56 Å². The Morgan fingerprint density at radius 1 is 1.19 bits per heavy atom. The fourth-order valence-electron chi connectivity index (χ4n) is 4.26. The zero-order chi connectivity index (χ0) is 22.0. The fourth-order valence-corrected chi connectivity index (χ4v) is 4.26. The van der Waals surface area contributed by atoms with Crippen molar-refractivity contribution in [2.45, 2.75) is 32.2 Å². The molecule has 1 amide bonds. The number of aryl methyl sites for hydroxylation is 1. The highest BCUT2D eigenvalue weighted by atomic mass is 16.5. The zero-order valence-corrected chi connectivity index (χ0v) is 17.9. The van der Waals surface area contributed by atoms with Crippen molar-refractivity contribution in [1.82, 2.24) is 4.90 Å². The molecular weight excluding hydrogens is 394 g/mol. The van der Waals surface area contributed by atoms with Crippen LogP contribution in [0.3, 0.4) is 0 Å². The van der Waals surface area contributed by atoms with Gasteiger partial charge in [-0.1, -0.05) is 31.2 Å². The molecule has 1 fully saturated rings. The Morgan fingerprint density at radius 2 is 1.97 bits per heavy atom. The highest BCUT2D eigenvalue weighted by Gasteiger charge is 2.45. The van der Waals surface area contributed by atoms with Gasteiger partial charge in [0.1, 0.15) is 11.5 Å². The monoisotopic (exact) mass is 421 g/mol. The van der Waals surface area contributed by atoms with Gasteiger partial charge in [-0.3, -0.25) is 9.59 Å². The van der Waals surface area contributed by atoms with E-state index in [4.69, 9.17) is 9.47 Å². The van der Waals surface area contributed by atoms with Crippen molar-refractivity contribution in [3.05, 3.63) is 70.3 Å². The summed E-state index contributed by atoms with van der Waals surface area (Å²) in [5, 5.41) is 11.2. The lowest BCUT2D eigenvalue weighted by molar-refractivity contribution is -0.140. The number of Topliss-reactive ketones (excluding diaryl/α,β-unsaturated/α-hetero) is 1. The first-order valence-corrected chi connectivity index (χ1v) is 10.7. The number of aliphatic hydroxyl groups is 1. The number of benzene rings is 2. The van der Waals surface area contributed by atoms with Crippen LogP contribution in [0.15, 0.2) is 48.0 Å². The predicted molar refractivity (Wildman–Crippen MR) is 117 cm³/mol. The van der Waals surface area contributed by atoms with Crippen LogP contribution in [0.4, 0.5) is 0 Å². The Kier molecular flexibility index (Phi) is 6.09. The molecule has 162 valence electrons. The average Bonchev–Trinajstić information content (AvgIpc) is 3.36. The molecule has 1 unspecified atom stereocenters. The SMILES string of the molecule is CCc1ccc(C2/C(=C(/O)c3ccc4c(c3)CCO4)C(=O)C(=O)N2CCCOC)cc1. The van der Waals surface area contributed by atoms with Gasteiger partial charge in [-0.05, 0) is 47.7 Å². The average molecular weight is 421 g/mol. The number of ketones is 1. The number of ether oxygens (including phenoxy) is 2. The second-order valence-corrected chi connectivity index (χ2v) is 7.85. The first-order valence-electron chi connectivity index (χ1n) is 10.7. The number of carbonyl (C=O) groups is 2. The number of hydrogen-bond donors (Lipinski definition) is 1. The van der Waals surface area contributed by atoms with Crippen LogP contribution >= 0.6 is 0 Å². The highest BCUT2D eigenvalue weighted by Crippen LogP contribution is 2.40. The van der Waals surface area contributed by atoms with Gasteiger partial charge in [-0.2, -0.15) is 0 Å². The molecule has 2 aromatic carbocycles. The second kappa shape index (κ2) is 8.94. The largest absolute Gasteiger partial charge is 0.507 e. The lowest BCUT2D eigenvalue weighted by atomic mass is 9.94. The molecule has 1 N–H and O–H groups in total. The predicted octanol–water partition coefficient (Wildman–Crippen LogP) is 3.64. The number of aliphatic hydroxyl groups excluding tert-OH is 1. The highest BCUT2D eigenvalue weighted by molar-refractivity contribution is 6.46. The Morgan fingerprint density at radius 3 is 2.68 bits per heavy atom. The first kappa shape index (κ1) is 21.1. The molecule has 4 rings (SSSR count). The fraction of sp³-hybridized carbons (Fsp3) is 0.360. The molecule has 0 aromatic heterocycles. The van der Waals surface area contributed by atoms with E-state index in [0.29, 0.717) is 31.7 Å². The molecule has 0 bridgehead atoms. The van der Waals surface area contributed by atoms with Gasteiger partial charge in [0.25, 0.3) is 11.7 Å². The first-order chi connectivity index (χ1) is 15.0. The van der Waals surface area contributed by atoms with Crippen LogP contribution in [0, 0.1) is 0 Å². The van der Waals surface area contributed by atoms with E-state index in [2.05, 4.69) is 6.92 Å². The van der Waals surface area contributed by atoms with Crippen molar-refractivity contribution >= 4 is 17.4 Å². The number of fused-ring (bicyclic) bond motifs is 1. The lowest BCUT2D eigenvalue weighted by Crippen LogP contribution is -2.31. The summed E-state index contributed by atoms with van der Waals surface area (Å²) in [5.41, 5.74) is 3.61. The van der Waals surface area contributed by atoms with E-state index in [-0.39, 0.29) is 11.3 Å². The number of likely N-dealkylation sites (tertiary alicyclic amines) is 1. The van der Waals surface area contributed by atoms with Gasteiger partial charge < -0.3 is 19.5 Å². The molecule has 2 aliphatic heterocycles. The van der Waals surface area contributed by atoms with Crippen LogP contribution in [0.5, 0.6) is 5.75 Å². The third kappa shape index (κ3) is 3.95. The second-order valence-electron chi connectivity index (χ2n) is 7.85. The lowest BCUT2D eigenvalue weighted by Gasteiger charge is -2.25. The van der Waals surface area contributed by atoms with Crippen LogP contribution in [0.25, 0.3) is 5.76 Å². The van der Waals surface area contributed by atoms with Crippen LogP contribution < -0.4 is 4.74 Å². The Hall–Kier alpha value is -3.12. The summed E-state index contributed by atoms with van der Waals surface area (Å²) < 4.78 is 10.7. The summed E-state index contributed by atoms with van der Waals surface area (Å²) in [6, 6.07) is 12.6. The quantitative estimate of drug-likeness (QED) is 0.320. The number of rotatable bonds is 7. The van der Waals surface area contributed by atoms with Crippen LogP contribution in [-0.2, 0) is 27.2 Å². The van der Waals surface area contributed by atoms with Crippen LogP contribution in [0.2, 0.25) is 0 Å². The molecule has 31 heavy (non-hydrogen) atoms. The topological polar surface area (TPSA) is 76.1 Å². The van der Waals surface area contributed by atoms with Gasteiger partial charge in [0.2, 0.25) is 0 Å². The van der Waals surface area contributed by atoms with Crippen molar-refractivity contribution in [1.29, 1.82) is 0 Å². The van der Waals surface area contributed by atoms with Gasteiger partial charge in [0.15, 0.2) is 0 Å². The number of hydrogen-bond acceptors (Lipinski definition) is 5. The summed E-state index contributed by atoms with van der Waals surface area (Å²) in [6.07, 6.45) is 2.25. The Labute approximate surface area is 182 Å². The summed E-state index contributed by atoms with van der Waals surface area (Å²) in [5.74, 6) is -0.599. The van der Waals surface area contributed by atoms with Crippen molar-refractivity contribution in [3.63, 3.8) is 0 Å². The summed E-state index contributed by atoms with van der Waals surface area (Å²) in [6.45, 7) is 3.53. The van der Waals surface area contributed by atoms with Crippen molar-refractivity contribution in [2.24, 2.45) is 0 Å². The van der Waals surface area contributed by atoms with E-state index in [1.807, 2.05) is 30.3 Å². The van der Waals surface area contributed by atoms with Crippen molar-refractivity contribution in [2.75, 3.05) is 26.9 Å². The molecule has 0 aliphatic carbocycles. The molecule has 0 radical (unpaired) electrons. The molecule has 2 heterocycles. The summed E-state index contributed by atoms with van der Waals surface area (Å²) >= 11 is 0.